The van der Waals surface area contributed by atoms with E-state index in [0.29, 0.717) is 13.1 Å². The van der Waals surface area contributed by atoms with Gasteiger partial charge >= 0.3 is 0 Å². The van der Waals surface area contributed by atoms with Gasteiger partial charge in [-0.05, 0) is 24.6 Å². The predicted octanol–water partition coefficient (Wildman–Crippen LogP) is 2.42. The van der Waals surface area contributed by atoms with Crippen molar-refractivity contribution in [3.05, 3.63) is 78.1 Å². The largest absolute Gasteiger partial charge is 0.328 e. The van der Waals surface area contributed by atoms with Gasteiger partial charge in [-0.15, -0.1) is 0 Å². The molecule has 0 amide bonds. The molecule has 0 saturated carbocycles. The molecule has 134 valence electrons. The van der Waals surface area contributed by atoms with Crippen LogP contribution in [-0.2, 0) is 16.6 Å². The quantitative estimate of drug-likeness (QED) is 0.694. The highest BCUT2D eigenvalue weighted by molar-refractivity contribution is 7.89. The molecule has 4 rings (SSSR count). The lowest BCUT2D eigenvalue weighted by molar-refractivity contribution is 0.251. The van der Waals surface area contributed by atoms with Crippen LogP contribution in [-0.4, -0.2) is 40.3 Å². The lowest BCUT2D eigenvalue weighted by Gasteiger charge is -2.37. The molecule has 7 heteroatoms. The summed E-state index contributed by atoms with van der Waals surface area (Å²) in [4.78, 5) is 8.70. The second-order valence-electron chi connectivity index (χ2n) is 6.54. The standard InChI is InChI=1S/C19H20N4O2S/c1-15-10-21-19(23(15)12-16-6-3-2-4-7-16)17-13-22(14-17)26(24,25)18-8-5-9-20-11-18/h2-11,17H,12-14H2,1H3. The average Bonchev–Trinajstić information content (AvgIpc) is 2.96. The molecule has 1 aliphatic rings. The highest BCUT2D eigenvalue weighted by Crippen LogP contribution is 2.31. The third-order valence-electron chi connectivity index (χ3n) is 4.75. The second-order valence-corrected chi connectivity index (χ2v) is 8.48. The SMILES string of the molecule is Cc1cnc(C2CN(S(=O)(=O)c3cccnc3)C2)n1Cc1ccccc1. The Morgan fingerprint density at radius 2 is 1.85 bits per heavy atom. The first-order valence-corrected chi connectivity index (χ1v) is 9.96. The van der Waals surface area contributed by atoms with E-state index in [9.17, 15) is 8.42 Å². The Bertz CT molecular complexity index is 995. The lowest BCUT2D eigenvalue weighted by atomic mass is 10.0. The predicted molar refractivity (Wildman–Crippen MR) is 98.2 cm³/mol. The van der Waals surface area contributed by atoms with E-state index in [1.54, 1.807) is 18.3 Å². The molecule has 0 N–H and O–H groups in total. The molecule has 2 aromatic heterocycles. The number of hydrogen-bond donors (Lipinski definition) is 0. The Morgan fingerprint density at radius 3 is 2.54 bits per heavy atom. The number of hydrogen-bond acceptors (Lipinski definition) is 4. The summed E-state index contributed by atoms with van der Waals surface area (Å²) in [5.41, 5.74) is 2.28. The fourth-order valence-corrected chi connectivity index (χ4v) is 4.72. The van der Waals surface area contributed by atoms with E-state index >= 15 is 0 Å². The fraction of sp³-hybridized carbons (Fsp3) is 0.263. The Kier molecular flexibility index (Phi) is 4.34. The molecule has 1 saturated heterocycles. The van der Waals surface area contributed by atoms with Crippen molar-refractivity contribution in [3.63, 3.8) is 0 Å². The van der Waals surface area contributed by atoms with Gasteiger partial charge < -0.3 is 4.57 Å². The average molecular weight is 368 g/mol. The van der Waals surface area contributed by atoms with Gasteiger partial charge in [-0.25, -0.2) is 13.4 Å². The Hall–Kier alpha value is -2.51. The van der Waals surface area contributed by atoms with Gasteiger partial charge in [0.15, 0.2) is 0 Å². The molecular formula is C19H20N4O2S. The summed E-state index contributed by atoms with van der Waals surface area (Å²) >= 11 is 0. The summed E-state index contributed by atoms with van der Waals surface area (Å²) in [6.07, 6.45) is 4.82. The molecule has 3 aromatic rings. The van der Waals surface area contributed by atoms with Crippen LogP contribution < -0.4 is 0 Å². The summed E-state index contributed by atoms with van der Waals surface area (Å²) < 4.78 is 28.9. The molecule has 0 radical (unpaired) electrons. The lowest BCUT2D eigenvalue weighted by Crippen LogP contribution is -2.49. The first-order chi connectivity index (χ1) is 12.6. The number of nitrogens with zero attached hydrogens (tertiary/aromatic N) is 4. The first kappa shape index (κ1) is 16.9. The third kappa shape index (κ3) is 3.04. The highest BCUT2D eigenvalue weighted by Gasteiger charge is 2.39. The number of aryl methyl sites for hydroxylation is 1. The van der Waals surface area contributed by atoms with Gasteiger partial charge in [0.25, 0.3) is 0 Å². The maximum atomic E-state index is 12.6. The minimum atomic E-state index is -3.47. The van der Waals surface area contributed by atoms with Gasteiger partial charge in [-0.2, -0.15) is 4.31 Å². The van der Waals surface area contributed by atoms with Crippen LogP contribution in [0.25, 0.3) is 0 Å². The van der Waals surface area contributed by atoms with Crippen molar-refractivity contribution in [3.8, 4) is 0 Å². The molecule has 1 aliphatic heterocycles. The van der Waals surface area contributed by atoms with Crippen molar-refractivity contribution in [1.82, 2.24) is 18.8 Å². The number of pyridine rings is 1. The van der Waals surface area contributed by atoms with Gasteiger partial charge in [0, 0.05) is 49.8 Å². The summed E-state index contributed by atoms with van der Waals surface area (Å²) in [7, 11) is -3.47. The maximum absolute atomic E-state index is 12.6. The van der Waals surface area contributed by atoms with Crippen LogP contribution in [0.5, 0.6) is 0 Å². The van der Waals surface area contributed by atoms with Crippen molar-refractivity contribution in [2.24, 2.45) is 0 Å². The van der Waals surface area contributed by atoms with E-state index in [0.717, 1.165) is 18.1 Å². The molecule has 6 nitrogen and oxygen atoms in total. The van der Waals surface area contributed by atoms with Crippen LogP contribution >= 0.6 is 0 Å². The van der Waals surface area contributed by atoms with E-state index in [-0.39, 0.29) is 10.8 Å². The molecule has 0 bridgehead atoms. The van der Waals surface area contributed by atoms with Crippen LogP contribution in [0, 0.1) is 6.92 Å². The van der Waals surface area contributed by atoms with Crippen LogP contribution in [0.15, 0.2) is 66.0 Å². The van der Waals surface area contributed by atoms with E-state index in [4.69, 9.17) is 0 Å². The third-order valence-corrected chi connectivity index (χ3v) is 6.57. The summed E-state index contributed by atoms with van der Waals surface area (Å²) in [6.45, 7) is 3.67. The zero-order chi connectivity index (χ0) is 18.1. The zero-order valence-corrected chi connectivity index (χ0v) is 15.3. The van der Waals surface area contributed by atoms with Crippen molar-refractivity contribution < 1.29 is 8.42 Å². The fourth-order valence-electron chi connectivity index (χ4n) is 3.22. The minimum absolute atomic E-state index is 0.110. The molecule has 26 heavy (non-hydrogen) atoms. The van der Waals surface area contributed by atoms with Gasteiger partial charge in [-0.1, -0.05) is 30.3 Å². The smallest absolute Gasteiger partial charge is 0.244 e. The number of sulfonamides is 1. The molecular weight excluding hydrogens is 348 g/mol. The number of imidazole rings is 1. The van der Waals surface area contributed by atoms with Gasteiger partial charge in [0.2, 0.25) is 10.0 Å². The number of rotatable bonds is 5. The van der Waals surface area contributed by atoms with E-state index in [1.165, 1.54) is 16.1 Å². The first-order valence-electron chi connectivity index (χ1n) is 8.52. The number of benzene rings is 1. The molecule has 0 aliphatic carbocycles. The summed E-state index contributed by atoms with van der Waals surface area (Å²) in [5.74, 6) is 1.06. The van der Waals surface area contributed by atoms with Gasteiger partial charge in [-0.3, -0.25) is 4.98 Å². The molecule has 1 fully saturated rings. The molecule has 3 heterocycles. The van der Waals surface area contributed by atoms with Crippen molar-refractivity contribution in [1.29, 1.82) is 0 Å². The monoisotopic (exact) mass is 368 g/mol. The Balaban J connectivity index is 1.52. The van der Waals surface area contributed by atoms with Crippen LogP contribution in [0.3, 0.4) is 0 Å². The van der Waals surface area contributed by atoms with Crippen LogP contribution in [0.1, 0.15) is 23.0 Å². The van der Waals surface area contributed by atoms with Crippen molar-refractivity contribution in [2.75, 3.05) is 13.1 Å². The van der Waals surface area contributed by atoms with Crippen LogP contribution in [0.2, 0.25) is 0 Å². The Morgan fingerprint density at radius 1 is 1.08 bits per heavy atom. The minimum Gasteiger partial charge on any atom is -0.328 e. The highest BCUT2D eigenvalue weighted by atomic mass is 32.2. The normalized spacial score (nSPS) is 15.7. The van der Waals surface area contributed by atoms with Gasteiger partial charge in [0.1, 0.15) is 10.7 Å². The Labute approximate surface area is 153 Å². The van der Waals surface area contributed by atoms with Gasteiger partial charge in [0.05, 0.1) is 0 Å². The van der Waals surface area contributed by atoms with E-state index < -0.39 is 10.0 Å². The van der Waals surface area contributed by atoms with E-state index in [2.05, 4.69) is 26.7 Å². The van der Waals surface area contributed by atoms with Crippen molar-refractivity contribution >= 4 is 10.0 Å². The topological polar surface area (TPSA) is 68.1 Å². The zero-order valence-electron chi connectivity index (χ0n) is 14.5. The van der Waals surface area contributed by atoms with Crippen LogP contribution in [0.4, 0.5) is 0 Å². The van der Waals surface area contributed by atoms with Crippen molar-refractivity contribution in [2.45, 2.75) is 24.3 Å². The second kappa shape index (κ2) is 6.66. The van der Waals surface area contributed by atoms with E-state index in [1.807, 2.05) is 31.3 Å². The summed E-state index contributed by atoms with van der Waals surface area (Å²) in [6, 6.07) is 13.4. The number of aromatic nitrogens is 3. The molecule has 0 atom stereocenters. The summed E-state index contributed by atoms with van der Waals surface area (Å²) in [5, 5.41) is 0. The molecule has 0 unspecified atom stereocenters. The molecule has 1 aromatic carbocycles. The molecule has 0 spiro atoms. The maximum Gasteiger partial charge on any atom is 0.244 e.